The van der Waals surface area contributed by atoms with Crippen molar-refractivity contribution in [3.63, 3.8) is 0 Å². The second-order valence-electron chi connectivity index (χ2n) is 15.5. The molecule has 0 aliphatic rings. The van der Waals surface area contributed by atoms with E-state index in [0.29, 0.717) is 0 Å². The second kappa shape index (κ2) is 15.0. The van der Waals surface area contributed by atoms with Crippen LogP contribution in [0.1, 0.15) is 33.7 Å². The van der Waals surface area contributed by atoms with Crippen molar-refractivity contribution in [2.45, 2.75) is 19.8 Å². The SMILES string of the molecule is Cc1ccc(-c2cccc(-c3ccc(C(c4ccc(-c5cccc(-c6ccc(C)cc6)c5)cc4)c4ccc(-c5ccc6c(c5)oc5ccccc56)cc4)cc3)c2)cc1. The zero-order valence-corrected chi connectivity index (χ0v) is 32.7. The number of benzene rings is 9. The van der Waals surface area contributed by atoms with E-state index < -0.39 is 0 Å². The lowest BCUT2D eigenvalue weighted by Crippen LogP contribution is -2.03. The Hall–Kier alpha value is -7.22. The maximum absolute atomic E-state index is 6.24. The van der Waals surface area contributed by atoms with E-state index in [1.54, 1.807) is 0 Å². The Morgan fingerprint density at radius 2 is 0.621 bits per heavy atom. The highest BCUT2D eigenvalue weighted by molar-refractivity contribution is 6.05. The molecule has 0 atom stereocenters. The Labute approximate surface area is 340 Å². The highest BCUT2D eigenvalue weighted by atomic mass is 16.3. The Kier molecular flexibility index (Phi) is 9.12. The lowest BCUT2D eigenvalue weighted by molar-refractivity contribution is 0.669. The van der Waals surface area contributed by atoms with Gasteiger partial charge < -0.3 is 4.42 Å². The molecule has 0 spiro atoms. The Morgan fingerprint density at radius 3 is 1.05 bits per heavy atom. The molecule has 276 valence electrons. The predicted molar refractivity (Wildman–Crippen MR) is 244 cm³/mol. The Bertz CT molecular complexity index is 2890. The van der Waals surface area contributed by atoms with E-state index in [-0.39, 0.29) is 5.92 Å². The molecule has 10 rings (SSSR count). The molecule has 0 bridgehead atoms. The minimum atomic E-state index is 0.0489. The molecule has 0 amide bonds. The first-order chi connectivity index (χ1) is 28.5. The lowest BCUT2D eigenvalue weighted by atomic mass is 9.83. The molecule has 58 heavy (non-hydrogen) atoms. The number of hydrogen-bond donors (Lipinski definition) is 0. The quantitative estimate of drug-likeness (QED) is 0.141. The van der Waals surface area contributed by atoms with Gasteiger partial charge in [0.25, 0.3) is 0 Å². The summed E-state index contributed by atoms with van der Waals surface area (Å²) in [7, 11) is 0. The molecule has 0 N–H and O–H groups in total. The van der Waals surface area contributed by atoms with Crippen LogP contribution >= 0.6 is 0 Å². The molecular formula is C57H42O. The molecular weight excluding hydrogens is 701 g/mol. The summed E-state index contributed by atoms with van der Waals surface area (Å²) >= 11 is 0. The van der Waals surface area contributed by atoms with E-state index in [0.717, 1.165) is 33.1 Å². The monoisotopic (exact) mass is 742 g/mol. The highest BCUT2D eigenvalue weighted by Crippen LogP contribution is 2.38. The van der Waals surface area contributed by atoms with E-state index in [4.69, 9.17) is 4.42 Å². The molecule has 0 saturated carbocycles. The van der Waals surface area contributed by atoms with Gasteiger partial charge in [0.15, 0.2) is 0 Å². The maximum atomic E-state index is 6.24. The molecule has 1 heterocycles. The standard InChI is InChI=1S/C57H42O/c1-38-13-17-40(18-14-38)48-7-5-9-50(35-48)42-21-27-45(28-22-42)57(46-29-23-43(24-30-46)51-10-6-8-49(36-51)41-19-15-39(2)16-20-41)47-31-25-44(26-32-47)52-33-34-54-53-11-3-4-12-55(53)58-56(54)37-52/h3-37,57H,1-2H3. The van der Waals surface area contributed by atoms with Crippen LogP contribution in [-0.2, 0) is 0 Å². The van der Waals surface area contributed by atoms with Crippen LogP contribution in [-0.4, -0.2) is 0 Å². The summed E-state index contributed by atoms with van der Waals surface area (Å²) in [6.45, 7) is 4.26. The van der Waals surface area contributed by atoms with E-state index in [9.17, 15) is 0 Å². The molecule has 0 unspecified atom stereocenters. The third-order valence-electron chi connectivity index (χ3n) is 11.6. The van der Waals surface area contributed by atoms with Crippen LogP contribution in [0.15, 0.2) is 217 Å². The third kappa shape index (κ3) is 6.93. The van der Waals surface area contributed by atoms with Gasteiger partial charge in [-0.15, -0.1) is 0 Å². The number of para-hydroxylation sites is 1. The van der Waals surface area contributed by atoms with Crippen LogP contribution in [0.5, 0.6) is 0 Å². The van der Waals surface area contributed by atoms with E-state index in [2.05, 4.69) is 214 Å². The summed E-state index contributed by atoms with van der Waals surface area (Å²) in [6, 6.07) is 77.5. The van der Waals surface area contributed by atoms with Gasteiger partial charge in [0.1, 0.15) is 11.2 Å². The predicted octanol–water partition coefficient (Wildman–Crippen LogP) is 15.7. The molecule has 0 aliphatic heterocycles. The molecule has 1 heteroatoms. The lowest BCUT2D eigenvalue weighted by Gasteiger charge is -2.20. The number of aryl methyl sites for hydroxylation is 2. The van der Waals surface area contributed by atoms with Crippen LogP contribution in [0.3, 0.4) is 0 Å². The zero-order chi connectivity index (χ0) is 39.0. The van der Waals surface area contributed by atoms with Crippen molar-refractivity contribution in [1.29, 1.82) is 0 Å². The first kappa shape index (κ1) is 35.2. The normalized spacial score (nSPS) is 11.4. The highest BCUT2D eigenvalue weighted by Gasteiger charge is 2.18. The number of furan rings is 1. The van der Waals surface area contributed by atoms with Gasteiger partial charge in [-0.3, -0.25) is 0 Å². The van der Waals surface area contributed by atoms with Gasteiger partial charge in [-0.25, -0.2) is 0 Å². The van der Waals surface area contributed by atoms with E-state index in [1.165, 1.54) is 72.3 Å². The van der Waals surface area contributed by atoms with Gasteiger partial charge in [-0.05, 0) is 117 Å². The van der Waals surface area contributed by atoms with Crippen molar-refractivity contribution in [1.82, 2.24) is 0 Å². The Balaban J connectivity index is 0.995. The minimum Gasteiger partial charge on any atom is -0.456 e. The van der Waals surface area contributed by atoms with Crippen LogP contribution in [0.4, 0.5) is 0 Å². The van der Waals surface area contributed by atoms with Crippen LogP contribution < -0.4 is 0 Å². The maximum Gasteiger partial charge on any atom is 0.136 e. The molecule has 0 radical (unpaired) electrons. The van der Waals surface area contributed by atoms with Crippen molar-refractivity contribution in [3.8, 4) is 55.6 Å². The van der Waals surface area contributed by atoms with Gasteiger partial charge in [0, 0.05) is 16.7 Å². The summed E-state index contributed by atoms with van der Waals surface area (Å²) in [6.07, 6.45) is 0. The number of fused-ring (bicyclic) bond motifs is 3. The third-order valence-corrected chi connectivity index (χ3v) is 11.6. The minimum absolute atomic E-state index is 0.0489. The topological polar surface area (TPSA) is 13.1 Å². The van der Waals surface area contributed by atoms with Gasteiger partial charge in [-0.2, -0.15) is 0 Å². The molecule has 10 aromatic rings. The summed E-state index contributed by atoms with van der Waals surface area (Å²) in [4.78, 5) is 0. The Morgan fingerprint density at radius 1 is 0.276 bits per heavy atom. The van der Waals surface area contributed by atoms with Crippen LogP contribution in [0.2, 0.25) is 0 Å². The largest absolute Gasteiger partial charge is 0.456 e. The van der Waals surface area contributed by atoms with Gasteiger partial charge in [0.2, 0.25) is 0 Å². The van der Waals surface area contributed by atoms with Crippen molar-refractivity contribution in [2.24, 2.45) is 0 Å². The first-order valence-corrected chi connectivity index (χ1v) is 20.1. The average molecular weight is 743 g/mol. The molecule has 1 aromatic heterocycles. The summed E-state index contributed by atoms with van der Waals surface area (Å²) in [5, 5.41) is 2.30. The fourth-order valence-corrected chi connectivity index (χ4v) is 8.34. The molecule has 1 nitrogen and oxygen atoms in total. The van der Waals surface area contributed by atoms with E-state index >= 15 is 0 Å². The zero-order valence-electron chi connectivity index (χ0n) is 32.7. The van der Waals surface area contributed by atoms with Gasteiger partial charge >= 0.3 is 0 Å². The number of rotatable bonds is 8. The van der Waals surface area contributed by atoms with Gasteiger partial charge in [0.05, 0.1) is 0 Å². The fourth-order valence-electron chi connectivity index (χ4n) is 8.34. The first-order valence-electron chi connectivity index (χ1n) is 20.1. The summed E-state index contributed by atoms with van der Waals surface area (Å²) < 4.78 is 6.24. The van der Waals surface area contributed by atoms with E-state index in [1.807, 2.05) is 12.1 Å². The number of hydrogen-bond acceptors (Lipinski definition) is 1. The van der Waals surface area contributed by atoms with Crippen molar-refractivity contribution in [2.75, 3.05) is 0 Å². The van der Waals surface area contributed by atoms with Gasteiger partial charge in [-0.1, -0.05) is 193 Å². The van der Waals surface area contributed by atoms with Crippen molar-refractivity contribution < 1.29 is 4.42 Å². The van der Waals surface area contributed by atoms with Crippen molar-refractivity contribution >= 4 is 21.9 Å². The molecule has 0 aliphatic carbocycles. The smallest absolute Gasteiger partial charge is 0.136 e. The summed E-state index contributed by atoms with van der Waals surface area (Å²) in [5.41, 5.74) is 20.2. The van der Waals surface area contributed by atoms with Crippen LogP contribution in [0.25, 0.3) is 77.6 Å². The average Bonchev–Trinajstić information content (AvgIpc) is 3.66. The molecule has 0 fully saturated rings. The molecule has 0 saturated heterocycles. The van der Waals surface area contributed by atoms with Crippen LogP contribution in [0, 0.1) is 13.8 Å². The molecule has 9 aromatic carbocycles. The second-order valence-corrected chi connectivity index (χ2v) is 15.5. The fraction of sp³-hybridized carbons (Fsp3) is 0.0526. The van der Waals surface area contributed by atoms with Crippen molar-refractivity contribution in [3.05, 3.63) is 240 Å². The summed E-state index contributed by atoms with van der Waals surface area (Å²) in [5.74, 6) is 0.0489.